The van der Waals surface area contributed by atoms with Gasteiger partial charge in [0.2, 0.25) is 0 Å². The van der Waals surface area contributed by atoms with Crippen LogP contribution in [-0.4, -0.2) is 25.2 Å². The van der Waals surface area contributed by atoms with Crippen molar-refractivity contribution in [2.45, 2.75) is 26.2 Å². The molecule has 3 rings (SSSR count). The van der Waals surface area contributed by atoms with Crippen molar-refractivity contribution >= 4 is 11.0 Å². The molecule has 5 heteroatoms. The van der Waals surface area contributed by atoms with Crippen LogP contribution in [0.15, 0.2) is 36.4 Å². The zero-order chi connectivity index (χ0) is 15.2. The molecular weight excluding hydrogens is 266 g/mol. The number of phenolic OH excluding ortho intramolecular Hbond substituents is 2. The van der Waals surface area contributed by atoms with Crippen LogP contribution in [-0.2, 0) is 5.41 Å². The standard InChI is InChI=1S/C16H17N3O2/c1-16(2,3)10-4-6-12-13(8-10)18-19(17-12)14-7-5-11(20)9-15(14)21/h4-9,20-21H,1-3H3. The summed E-state index contributed by atoms with van der Waals surface area (Å²) in [4.78, 5) is 1.38. The molecule has 0 aliphatic carbocycles. The highest BCUT2D eigenvalue weighted by atomic mass is 16.3. The molecule has 0 radical (unpaired) electrons. The number of hydrogen-bond donors (Lipinski definition) is 2. The van der Waals surface area contributed by atoms with E-state index >= 15 is 0 Å². The Morgan fingerprint density at radius 3 is 2.29 bits per heavy atom. The van der Waals surface area contributed by atoms with Gasteiger partial charge in [-0.15, -0.1) is 15.0 Å². The molecular formula is C16H17N3O2. The molecule has 0 spiro atoms. The smallest absolute Gasteiger partial charge is 0.146 e. The lowest BCUT2D eigenvalue weighted by molar-refractivity contribution is 0.446. The molecule has 0 bridgehead atoms. The Morgan fingerprint density at radius 1 is 0.905 bits per heavy atom. The molecule has 5 nitrogen and oxygen atoms in total. The first-order valence-corrected chi connectivity index (χ1v) is 6.74. The number of aromatic nitrogens is 3. The monoisotopic (exact) mass is 283 g/mol. The number of phenols is 2. The van der Waals surface area contributed by atoms with Crippen LogP contribution in [0.5, 0.6) is 11.5 Å². The predicted octanol–water partition coefficient (Wildman–Crippen LogP) is 3.13. The summed E-state index contributed by atoms with van der Waals surface area (Å²) in [6.07, 6.45) is 0. The first-order valence-electron chi connectivity index (χ1n) is 6.74. The topological polar surface area (TPSA) is 71.2 Å². The van der Waals surface area contributed by atoms with Crippen molar-refractivity contribution in [1.82, 2.24) is 15.0 Å². The summed E-state index contributed by atoms with van der Waals surface area (Å²) in [6.45, 7) is 6.43. The molecule has 0 amide bonds. The Hall–Kier alpha value is -2.56. The summed E-state index contributed by atoms with van der Waals surface area (Å²) in [6, 6.07) is 10.3. The lowest BCUT2D eigenvalue weighted by atomic mass is 9.87. The zero-order valence-electron chi connectivity index (χ0n) is 12.2. The van der Waals surface area contributed by atoms with E-state index in [1.54, 1.807) is 6.07 Å². The predicted molar refractivity (Wildman–Crippen MR) is 80.9 cm³/mol. The van der Waals surface area contributed by atoms with E-state index in [1.165, 1.54) is 22.5 Å². The van der Waals surface area contributed by atoms with Crippen LogP contribution in [0.25, 0.3) is 16.7 Å². The number of benzene rings is 2. The first kappa shape index (κ1) is 13.4. The fourth-order valence-electron chi connectivity index (χ4n) is 2.17. The number of rotatable bonds is 1. The van der Waals surface area contributed by atoms with Gasteiger partial charge in [-0.1, -0.05) is 26.8 Å². The van der Waals surface area contributed by atoms with Gasteiger partial charge < -0.3 is 10.2 Å². The van der Waals surface area contributed by atoms with Crippen molar-refractivity contribution in [2.24, 2.45) is 0 Å². The van der Waals surface area contributed by atoms with Crippen LogP contribution in [0.2, 0.25) is 0 Å². The lowest BCUT2D eigenvalue weighted by Gasteiger charge is -2.18. The van der Waals surface area contributed by atoms with Crippen LogP contribution in [0.1, 0.15) is 26.3 Å². The highest BCUT2D eigenvalue weighted by molar-refractivity contribution is 5.75. The Balaban J connectivity index is 2.13. The largest absolute Gasteiger partial charge is 0.508 e. The van der Waals surface area contributed by atoms with Crippen molar-refractivity contribution in [3.8, 4) is 17.2 Å². The second-order valence-corrected chi connectivity index (χ2v) is 6.12. The quantitative estimate of drug-likeness (QED) is 0.719. The second kappa shape index (κ2) is 4.48. The van der Waals surface area contributed by atoms with E-state index in [1.807, 2.05) is 18.2 Å². The summed E-state index contributed by atoms with van der Waals surface area (Å²) in [5.41, 5.74) is 3.18. The molecule has 0 saturated carbocycles. The minimum atomic E-state index is -0.0636. The molecule has 3 aromatic rings. The summed E-state index contributed by atoms with van der Waals surface area (Å²) in [7, 11) is 0. The highest BCUT2D eigenvalue weighted by Gasteiger charge is 2.16. The molecule has 108 valence electrons. The molecule has 21 heavy (non-hydrogen) atoms. The third kappa shape index (κ3) is 2.42. The van der Waals surface area contributed by atoms with Crippen molar-refractivity contribution in [3.05, 3.63) is 42.0 Å². The first-order chi connectivity index (χ1) is 9.84. The van der Waals surface area contributed by atoms with E-state index < -0.39 is 0 Å². The van der Waals surface area contributed by atoms with Gasteiger partial charge in [0.25, 0.3) is 0 Å². The maximum absolute atomic E-state index is 9.89. The van der Waals surface area contributed by atoms with Crippen LogP contribution >= 0.6 is 0 Å². The lowest BCUT2D eigenvalue weighted by Crippen LogP contribution is -2.10. The van der Waals surface area contributed by atoms with Crippen LogP contribution in [0, 0.1) is 0 Å². The van der Waals surface area contributed by atoms with Crippen molar-refractivity contribution < 1.29 is 10.2 Å². The summed E-state index contributed by atoms with van der Waals surface area (Å²) < 4.78 is 0. The Morgan fingerprint density at radius 2 is 1.62 bits per heavy atom. The molecule has 1 heterocycles. The van der Waals surface area contributed by atoms with E-state index in [9.17, 15) is 10.2 Å². The van der Waals surface area contributed by atoms with Crippen molar-refractivity contribution in [1.29, 1.82) is 0 Å². The molecule has 0 saturated heterocycles. The van der Waals surface area contributed by atoms with Gasteiger partial charge in [-0.05, 0) is 35.2 Å². The summed E-state index contributed by atoms with van der Waals surface area (Å²) in [5.74, 6) is -0.0608. The molecule has 0 aliphatic heterocycles. The second-order valence-electron chi connectivity index (χ2n) is 6.12. The molecule has 0 fully saturated rings. The van der Waals surface area contributed by atoms with Crippen LogP contribution in [0.3, 0.4) is 0 Å². The average Bonchev–Trinajstić information content (AvgIpc) is 2.79. The number of fused-ring (bicyclic) bond motifs is 1. The van der Waals surface area contributed by atoms with E-state index in [-0.39, 0.29) is 16.9 Å². The van der Waals surface area contributed by atoms with Gasteiger partial charge in [0.15, 0.2) is 0 Å². The van der Waals surface area contributed by atoms with E-state index in [4.69, 9.17) is 0 Å². The molecule has 0 atom stereocenters. The van der Waals surface area contributed by atoms with E-state index in [0.29, 0.717) is 5.69 Å². The van der Waals surface area contributed by atoms with Gasteiger partial charge in [-0.2, -0.15) is 0 Å². The third-order valence-corrected chi connectivity index (χ3v) is 3.42. The molecule has 1 aromatic heterocycles. The fourth-order valence-corrected chi connectivity index (χ4v) is 2.17. The van der Waals surface area contributed by atoms with Gasteiger partial charge in [0.05, 0.1) is 0 Å². The average molecular weight is 283 g/mol. The van der Waals surface area contributed by atoms with E-state index in [2.05, 4.69) is 31.0 Å². The number of hydrogen-bond acceptors (Lipinski definition) is 4. The third-order valence-electron chi connectivity index (χ3n) is 3.42. The van der Waals surface area contributed by atoms with Gasteiger partial charge in [-0.25, -0.2) is 0 Å². The molecule has 0 aliphatic rings. The SMILES string of the molecule is CC(C)(C)c1ccc2nn(-c3ccc(O)cc3O)nc2c1. The van der Waals surface area contributed by atoms with Gasteiger partial charge in [0, 0.05) is 6.07 Å². The maximum atomic E-state index is 9.89. The Labute approximate surface area is 122 Å². The molecule has 0 unspecified atom stereocenters. The minimum Gasteiger partial charge on any atom is -0.508 e. The molecule has 2 aromatic carbocycles. The highest BCUT2D eigenvalue weighted by Crippen LogP contribution is 2.28. The minimum absolute atomic E-state index is 0.00276. The number of aromatic hydroxyl groups is 2. The Kier molecular flexibility index (Phi) is 2.86. The Bertz CT molecular complexity index is 816. The maximum Gasteiger partial charge on any atom is 0.146 e. The van der Waals surface area contributed by atoms with Crippen LogP contribution in [0.4, 0.5) is 0 Å². The van der Waals surface area contributed by atoms with Gasteiger partial charge in [0.1, 0.15) is 28.2 Å². The van der Waals surface area contributed by atoms with Crippen LogP contribution < -0.4 is 0 Å². The summed E-state index contributed by atoms with van der Waals surface area (Å²) in [5, 5.41) is 28.0. The molecule has 2 N–H and O–H groups in total. The van der Waals surface area contributed by atoms with Gasteiger partial charge in [-0.3, -0.25) is 0 Å². The summed E-state index contributed by atoms with van der Waals surface area (Å²) >= 11 is 0. The number of nitrogens with zero attached hydrogens (tertiary/aromatic N) is 3. The zero-order valence-corrected chi connectivity index (χ0v) is 12.2. The van der Waals surface area contributed by atoms with Crippen molar-refractivity contribution in [2.75, 3.05) is 0 Å². The normalized spacial score (nSPS) is 12.0. The van der Waals surface area contributed by atoms with Gasteiger partial charge >= 0.3 is 0 Å². The van der Waals surface area contributed by atoms with Crippen molar-refractivity contribution in [3.63, 3.8) is 0 Å². The fraction of sp³-hybridized carbons (Fsp3) is 0.250. The van der Waals surface area contributed by atoms with E-state index in [0.717, 1.165) is 11.0 Å².